The third-order valence-corrected chi connectivity index (χ3v) is 4.01. The number of ketones is 3. The molecule has 0 aromatic carbocycles. The maximum atomic E-state index is 11.7. The number of halogens is 1. The van der Waals surface area contributed by atoms with E-state index in [1.54, 1.807) is 0 Å². The number of hydrogen-bond acceptors (Lipinski definition) is 8. The third kappa shape index (κ3) is 3.08. The molecule has 0 spiro atoms. The van der Waals surface area contributed by atoms with Gasteiger partial charge in [-0.2, -0.15) is 0 Å². The Morgan fingerprint density at radius 2 is 1.67 bits per heavy atom. The van der Waals surface area contributed by atoms with Gasteiger partial charge in [0.15, 0.2) is 28.6 Å². The molecule has 1 fully saturated rings. The van der Waals surface area contributed by atoms with Crippen molar-refractivity contribution >= 4 is 33.6 Å². The topological polar surface area (TPSA) is 130 Å². The van der Waals surface area contributed by atoms with Crippen LogP contribution >= 0.6 is 16.3 Å². The van der Waals surface area contributed by atoms with E-state index in [2.05, 4.69) is 20.1 Å². The summed E-state index contributed by atoms with van der Waals surface area (Å²) in [7, 11) is 0. The monoisotopic (exact) mass is 368 g/mol. The van der Waals surface area contributed by atoms with Crippen molar-refractivity contribution in [3.8, 4) is 0 Å². The van der Waals surface area contributed by atoms with E-state index in [0.717, 1.165) is 20.8 Å². The summed E-state index contributed by atoms with van der Waals surface area (Å²) in [6.07, 6.45) is -5.86. The smallest absolute Gasteiger partial charge is 0.207 e. The number of carbonyl (C=O) groups is 3. The van der Waals surface area contributed by atoms with Crippen LogP contribution in [0.15, 0.2) is 0 Å². The van der Waals surface area contributed by atoms with E-state index in [9.17, 15) is 29.7 Å². The zero-order chi connectivity index (χ0) is 16.6. The molecule has 5 atom stereocenters. The summed E-state index contributed by atoms with van der Waals surface area (Å²) in [5.74, 6) is -2.41. The van der Waals surface area contributed by atoms with Crippen molar-refractivity contribution in [2.45, 2.75) is 56.9 Å². The molecule has 0 saturated carbocycles. The highest BCUT2D eigenvalue weighted by molar-refractivity contribution is 9.06. The fourth-order valence-electron chi connectivity index (χ4n) is 2.21. The molecule has 1 aliphatic heterocycles. The molecule has 9 heteroatoms. The average Bonchev–Trinajstić information content (AvgIpc) is 2.37. The fraction of sp³-hybridized carbons (Fsp3) is 0.750. The molecule has 120 valence electrons. The van der Waals surface area contributed by atoms with Gasteiger partial charge >= 0.3 is 0 Å². The van der Waals surface area contributed by atoms with E-state index >= 15 is 0 Å². The highest BCUT2D eigenvalue weighted by Crippen LogP contribution is 2.40. The SMILES string of the molecule is CC(=O)C(O)[C@H]1O[C@H](OBr)[C@@](O)(C(C)=O)C[C@@]1(O)C(C)=O. The zero-order valence-electron chi connectivity index (χ0n) is 11.7. The van der Waals surface area contributed by atoms with E-state index in [1.807, 2.05) is 0 Å². The number of rotatable bonds is 5. The Hall–Kier alpha value is -0.710. The molecule has 1 aliphatic rings. The molecular weight excluding hydrogens is 352 g/mol. The summed E-state index contributed by atoms with van der Waals surface area (Å²) < 4.78 is 9.81. The van der Waals surface area contributed by atoms with Gasteiger partial charge < -0.3 is 20.1 Å². The van der Waals surface area contributed by atoms with Crippen LogP contribution in [-0.2, 0) is 22.9 Å². The minimum absolute atomic E-state index is 0.749. The molecule has 3 N–H and O–H groups in total. The average molecular weight is 369 g/mol. The van der Waals surface area contributed by atoms with Crippen LogP contribution < -0.4 is 0 Å². The van der Waals surface area contributed by atoms with Gasteiger partial charge in [0.1, 0.15) is 28.5 Å². The molecule has 0 aromatic rings. The van der Waals surface area contributed by atoms with E-state index in [-0.39, 0.29) is 0 Å². The van der Waals surface area contributed by atoms with Gasteiger partial charge in [-0.15, -0.1) is 0 Å². The molecule has 0 bridgehead atoms. The van der Waals surface area contributed by atoms with Crippen LogP contribution in [0.2, 0.25) is 0 Å². The lowest BCUT2D eigenvalue weighted by atomic mass is 9.74. The van der Waals surface area contributed by atoms with Crippen LogP contribution in [0.5, 0.6) is 0 Å². The van der Waals surface area contributed by atoms with Crippen LogP contribution in [-0.4, -0.2) is 62.4 Å². The van der Waals surface area contributed by atoms with Crippen molar-refractivity contribution in [1.82, 2.24) is 0 Å². The minimum atomic E-state index is -2.41. The standard InChI is InChI=1S/C12H17BrO8/c1-5(14)8(17)9-11(18,6(2)15)4-12(19,7(3)16)10(20-9)21-13/h8-10,17-19H,4H2,1-3H3/t8?,9-,10-,11-,12+/m1/s1. The Labute approximate surface area is 129 Å². The molecule has 21 heavy (non-hydrogen) atoms. The van der Waals surface area contributed by atoms with Crippen molar-refractivity contribution in [1.29, 1.82) is 0 Å². The number of carbonyl (C=O) groups excluding carboxylic acids is 3. The highest BCUT2D eigenvalue weighted by Gasteiger charge is 2.62. The van der Waals surface area contributed by atoms with Crippen molar-refractivity contribution in [3.05, 3.63) is 0 Å². The summed E-state index contributed by atoms with van der Waals surface area (Å²) >= 11 is 2.57. The Morgan fingerprint density at radius 1 is 1.19 bits per heavy atom. The van der Waals surface area contributed by atoms with E-state index in [0.29, 0.717) is 0 Å². The van der Waals surface area contributed by atoms with Crippen LogP contribution in [0, 0.1) is 0 Å². The normalized spacial score (nSPS) is 37.9. The number of Topliss-reactive ketones (excluding diaryl/α,β-unsaturated/α-hetero) is 3. The first-order valence-corrected chi connectivity index (χ1v) is 6.73. The first kappa shape index (κ1) is 18.3. The molecule has 1 heterocycles. The lowest BCUT2D eigenvalue weighted by molar-refractivity contribution is -0.294. The molecule has 1 unspecified atom stereocenters. The van der Waals surface area contributed by atoms with Crippen LogP contribution in [0.3, 0.4) is 0 Å². The van der Waals surface area contributed by atoms with Crippen LogP contribution in [0.4, 0.5) is 0 Å². The van der Waals surface area contributed by atoms with Crippen molar-refractivity contribution in [2.24, 2.45) is 0 Å². The molecule has 1 saturated heterocycles. The predicted octanol–water partition coefficient (Wildman–Crippen LogP) is -0.982. The summed E-state index contributed by atoms with van der Waals surface area (Å²) in [5, 5.41) is 30.6. The van der Waals surface area contributed by atoms with Crippen molar-refractivity contribution in [3.63, 3.8) is 0 Å². The van der Waals surface area contributed by atoms with Gasteiger partial charge in [-0.25, -0.2) is 0 Å². The van der Waals surface area contributed by atoms with Gasteiger partial charge in [0.25, 0.3) is 0 Å². The third-order valence-electron chi connectivity index (χ3n) is 3.67. The molecule has 1 rings (SSSR count). The van der Waals surface area contributed by atoms with Crippen LogP contribution in [0.25, 0.3) is 0 Å². The first-order valence-electron chi connectivity index (χ1n) is 6.09. The van der Waals surface area contributed by atoms with Crippen molar-refractivity contribution in [2.75, 3.05) is 0 Å². The summed E-state index contributed by atoms with van der Waals surface area (Å²) in [6, 6.07) is 0. The molecule has 0 radical (unpaired) electrons. The number of hydrogen-bond donors (Lipinski definition) is 3. The second kappa shape index (κ2) is 6.19. The van der Waals surface area contributed by atoms with Crippen LogP contribution in [0.1, 0.15) is 27.2 Å². The first-order chi connectivity index (χ1) is 9.50. The quantitative estimate of drug-likeness (QED) is 0.564. The van der Waals surface area contributed by atoms with Gasteiger partial charge in [-0.3, -0.25) is 18.2 Å². The summed E-state index contributed by atoms with van der Waals surface area (Å²) in [5.41, 5.74) is -4.72. The van der Waals surface area contributed by atoms with E-state index in [4.69, 9.17) is 4.74 Å². The van der Waals surface area contributed by atoms with E-state index in [1.165, 1.54) is 0 Å². The Bertz CT molecular complexity index is 466. The lowest BCUT2D eigenvalue weighted by Crippen LogP contribution is -2.70. The lowest BCUT2D eigenvalue weighted by Gasteiger charge is -2.48. The zero-order valence-corrected chi connectivity index (χ0v) is 13.3. The maximum Gasteiger partial charge on any atom is 0.207 e. The number of aliphatic hydroxyl groups excluding tert-OH is 1. The Kier molecular flexibility index (Phi) is 5.40. The largest absolute Gasteiger partial charge is 0.382 e. The molecule has 0 amide bonds. The number of aliphatic hydroxyl groups is 3. The maximum absolute atomic E-state index is 11.7. The minimum Gasteiger partial charge on any atom is -0.382 e. The molecular formula is C12H17BrO8. The summed E-state index contributed by atoms with van der Waals surface area (Å²) in [6.45, 7) is 3.08. The number of ether oxygens (including phenoxy) is 1. The predicted molar refractivity (Wildman–Crippen MR) is 71.2 cm³/mol. The highest BCUT2D eigenvalue weighted by atomic mass is 79.9. The summed E-state index contributed by atoms with van der Waals surface area (Å²) in [4.78, 5) is 34.7. The van der Waals surface area contributed by atoms with Crippen molar-refractivity contribution < 1.29 is 38.3 Å². The molecule has 0 aromatic heterocycles. The second-order valence-corrected chi connectivity index (χ2v) is 5.54. The van der Waals surface area contributed by atoms with Gasteiger partial charge in [-0.1, -0.05) is 0 Å². The van der Waals surface area contributed by atoms with Gasteiger partial charge in [0.05, 0.1) is 0 Å². The Balaban J connectivity index is 3.33. The van der Waals surface area contributed by atoms with Gasteiger partial charge in [0.2, 0.25) is 6.29 Å². The van der Waals surface area contributed by atoms with Gasteiger partial charge in [0, 0.05) is 6.42 Å². The van der Waals surface area contributed by atoms with Gasteiger partial charge in [-0.05, 0) is 20.8 Å². The Morgan fingerprint density at radius 3 is 2.00 bits per heavy atom. The second-order valence-electron chi connectivity index (χ2n) is 5.17. The van der Waals surface area contributed by atoms with E-state index < -0.39 is 53.5 Å². The molecule has 8 nitrogen and oxygen atoms in total. The fourth-order valence-corrected chi connectivity index (χ4v) is 2.61. The molecule has 0 aliphatic carbocycles.